The van der Waals surface area contributed by atoms with Gasteiger partial charge in [-0.3, -0.25) is 9.59 Å². The summed E-state index contributed by atoms with van der Waals surface area (Å²) in [5.41, 5.74) is 5.18. The number of aryl methyl sites for hydroxylation is 1. The van der Waals surface area contributed by atoms with Crippen LogP contribution >= 0.6 is 0 Å². The second-order valence-corrected chi connectivity index (χ2v) is 7.30. The summed E-state index contributed by atoms with van der Waals surface area (Å²) < 4.78 is 5.07. The Labute approximate surface area is 183 Å². The smallest absolute Gasteiger partial charge is 0.308 e. The zero-order chi connectivity index (χ0) is 22.1. The molecule has 0 fully saturated rings. The summed E-state index contributed by atoms with van der Waals surface area (Å²) in [7, 11) is 0. The zero-order valence-electron chi connectivity index (χ0n) is 17.9. The van der Waals surface area contributed by atoms with E-state index in [9.17, 15) is 9.59 Å². The molecule has 0 spiro atoms. The molecule has 31 heavy (non-hydrogen) atoms. The molecule has 1 unspecified atom stereocenters. The predicted octanol–water partition coefficient (Wildman–Crippen LogP) is 5.49. The summed E-state index contributed by atoms with van der Waals surface area (Å²) in [6, 6.07) is 25.5. The number of esters is 1. The fourth-order valence-corrected chi connectivity index (χ4v) is 3.25. The van der Waals surface area contributed by atoms with E-state index in [1.807, 2.05) is 73.7 Å². The van der Waals surface area contributed by atoms with Crippen molar-refractivity contribution in [3.8, 4) is 11.1 Å². The Morgan fingerprint density at radius 1 is 0.903 bits per heavy atom. The molecule has 0 aliphatic carbocycles. The number of hydrogen-bond acceptors (Lipinski definition) is 3. The highest BCUT2D eigenvalue weighted by molar-refractivity contribution is 5.92. The summed E-state index contributed by atoms with van der Waals surface area (Å²) >= 11 is 0. The van der Waals surface area contributed by atoms with Gasteiger partial charge in [0.2, 0.25) is 5.91 Å². The number of benzene rings is 3. The van der Waals surface area contributed by atoms with Gasteiger partial charge < -0.3 is 10.1 Å². The molecule has 0 radical (unpaired) electrons. The molecule has 1 N–H and O–H groups in total. The van der Waals surface area contributed by atoms with Crippen LogP contribution in [-0.4, -0.2) is 18.5 Å². The molecule has 0 aromatic heterocycles. The predicted molar refractivity (Wildman–Crippen MR) is 124 cm³/mol. The molecule has 0 saturated carbocycles. The topological polar surface area (TPSA) is 55.4 Å². The Morgan fingerprint density at radius 3 is 2.19 bits per heavy atom. The Morgan fingerprint density at radius 2 is 1.55 bits per heavy atom. The van der Waals surface area contributed by atoms with Gasteiger partial charge in [0, 0.05) is 6.08 Å². The monoisotopic (exact) mass is 413 g/mol. The standard InChI is InChI=1S/C27H27NO3/c1-3-31-27(30)19-25(24-14-9-20(2)10-15-24)28-26(29)18-13-21-11-16-23(17-12-21)22-7-5-4-6-8-22/h4-18,25H,3,19H2,1-2H3,(H,28,29)/b18-13+. The molecule has 3 aromatic rings. The third-order valence-corrected chi connectivity index (χ3v) is 4.92. The van der Waals surface area contributed by atoms with Crippen LogP contribution in [0.2, 0.25) is 0 Å². The van der Waals surface area contributed by atoms with Crippen molar-refractivity contribution in [3.63, 3.8) is 0 Å². The van der Waals surface area contributed by atoms with Gasteiger partial charge >= 0.3 is 5.97 Å². The van der Waals surface area contributed by atoms with Gasteiger partial charge in [0.05, 0.1) is 19.1 Å². The molecule has 158 valence electrons. The number of ether oxygens (including phenoxy) is 1. The maximum Gasteiger partial charge on any atom is 0.308 e. The minimum Gasteiger partial charge on any atom is -0.466 e. The number of rotatable bonds is 8. The van der Waals surface area contributed by atoms with Gasteiger partial charge in [-0.15, -0.1) is 0 Å². The van der Waals surface area contributed by atoms with Crippen molar-refractivity contribution in [3.05, 3.63) is 102 Å². The van der Waals surface area contributed by atoms with Crippen LogP contribution in [0, 0.1) is 6.92 Å². The molecule has 3 aromatic carbocycles. The second kappa shape index (κ2) is 10.9. The summed E-state index contributed by atoms with van der Waals surface area (Å²) in [6.45, 7) is 4.07. The van der Waals surface area contributed by atoms with Gasteiger partial charge in [0.1, 0.15) is 0 Å². The normalized spacial score (nSPS) is 11.8. The molecular weight excluding hydrogens is 386 g/mol. The van der Waals surface area contributed by atoms with Crippen LogP contribution in [0.5, 0.6) is 0 Å². The Balaban J connectivity index is 1.67. The van der Waals surface area contributed by atoms with Crippen molar-refractivity contribution in [2.45, 2.75) is 26.3 Å². The number of hydrogen-bond donors (Lipinski definition) is 1. The number of amides is 1. The maximum atomic E-state index is 12.5. The third-order valence-electron chi connectivity index (χ3n) is 4.92. The lowest BCUT2D eigenvalue weighted by Crippen LogP contribution is -2.29. The van der Waals surface area contributed by atoms with Crippen LogP contribution in [-0.2, 0) is 14.3 Å². The first-order valence-electron chi connectivity index (χ1n) is 10.4. The molecule has 0 aliphatic heterocycles. The zero-order valence-corrected chi connectivity index (χ0v) is 17.9. The van der Waals surface area contributed by atoms with Crippen molar-refractivity contribution < 1.29 is 14.3 Å². The van der Waals surface area contributed by atoms with Crippen LogP contribution in [0.25, 0.3) is 17.2 Å². The summed E-state index contributed by atoms with van der Waals surface area (Å²) in [4.78, 5) is 24.6. The van der Waals surface area contributed by atoms with Gasteiger partial charge in [-0.25, -0.2) is 0 Å². The highest BCUT2D eigenvalue weighted by Crippen LogP contribution is 2.20. The molecule has 3 rings (SSSR count). The fraction of sp³-hybridized carbons (Fsp3) is 0.185. The molecular formula is C27H27NO3. The largest absolute Gasteiger partial charge is 0.466 e. The lowest BCUT2D eigenvalue weighted by atomic mass is 10.0. The first kappa shape index (κ1) is 22.0. The lowest BCUT2D eigenvalue weighted by Gasteiger charge is -2.18. The van der Waals surface area contributed by atoms with Crippen molar-refractivity contribution in [2.24, 2.45) is 0 Å². The summed E-state index contributed by atoms with van der Waals surface area (Å²) in [5, 5.41) is 2.92. The average molecular weight is 414 g/mol. The fourth-order valence-electron chi connectivity index (χ4n) is 3.25. The molecule has 0 saturated heterocycles. The van der Waals surface area contributed by atoms with E-state index in [0.717, 1.165) is 27.8 Å². The number of carbonyl (C=O) groups excluding carboxylic acids is 2. The third kappa shape index (κ3) is 6.68. The van der Waals surface area contributed by atoms with Crippen LogP contribution in [0.15, 0.2) is 84.9 Å². The van der Waals surface area contributed by atoms with Gasteiger partial charge in [0.15, 0.2) is 0 Å². The summed E-state index contributed by atoms with van der Waals surface area (Å²) in [6.07, 6.45) is 3.34. The van der Waals surface area contributed by atoms with Gasteiger partial charge in [-0.2, -0.15) is 0 Å². The van der Waals surface area contributed by atoms with Crippen LogP contribution in [0.1, 0.15) is 36.1 Å². The number of carbonyl (C=O) groups is 2. The van der Waals surface area contributed by atoms with Crippen molar-refractivity contribution in [2.75, 3.05) is 6.61 Å². The van der Waals surface area contributed by atoms with Crippen LogP contribution in [0.4, 0.5) is 0 Å². The molecule has 0 heterocycles. The van der Waals surface area contributed by atoms with Crippen LogP contribution in [0.3, 0.4) is 0 Å². The Kier molecular flexibility index (Phi) is 7.77. The summed E-state index contributed by atoms with van der Waals surface area (Å²) in [5.74, 6) is -0.601. The van der Waals surface area contributed by atoms with E-state index in [-0.39, 0.29) is 18.3 Å². The van der Waals surface area contributed by atoms with Crippen molar-refractivity contribution in [1.29, 1.82) is 0 Å². The second-order valence-electron chi connectivity index (χ2n) is 7.30. The van der Waals surface area contributed by atoms with Gasteiger partial charge in [-0.1, -0.05) is 84.4 Å². The highest BCUT2D eigenvalue weighted by Gasteiger charge is 2.18. The SMILES string of the molecule is CCOC(=O)CC(NC(=O)/C=C/c1ccc(-c2ccccc2)cc1)c1ccc(C)cc1. The van der Waals surface area contributed by atoms with Crippen molar-refractivity contribution >= 4 is 18.0 Å². The van der Waals surface area contributed by atoms with Gasteiger partial charge in [-0.05, 0) is 42.2 Å². The van der Waals surface area contributed by atoms with E-state index < -0.39 is 6.04 Å². The molecule has 0 bridgehead atoms. The van der Waals surface area contributed by atoms with E-state index in [2.05, 4.69) is 17.4 Å². The molecule has 1 amide bonds. The maximum absolute atomic E-state index is 12.5. The lowest BCUT2D eigenvalue weighted by molar-refractivity contribution is -0.143. The Bertz CT molecular complexity index is 1020. The number of nitrogens with one attached hydrogen (secondary N) is 1. The van der Waals surface area contributed by atoms with E-state index in [0.29, 0.717) is 6.61 Å². The Hall–Kier alpha value is -3.66. The van der Waals surface area contributed by atoms with Crippen LogP contribution < -0.4 is 5.32 Å². The van der Waals surface area contributed by atoms with E-state index in [1.165, 1.54) is 6.08 Å². The highest BCUT2D eigenvalue weighted by atomic mass is 16.5. The molecule has 1 atom stereocenters. The quantitative estimate of drug-likeness (QED) is 0.393. The molecule has 0 aliphatic rings. The minimum atomic E-state index is -0.447. The first-order valence-corrected chi connectivity index (χ1v) is 10.4. The van der Waals surface area contributed by atoms with E-state index in [4.69, 9.17) is 4.74 Å². The minimum absolute atomic E-state index is 0.0856. The van der Waals surface area contributed by atoms with Crippen molar-refractivity contribution in [1.82, 2.24) is 5.32 Å². The van der Waals surface area contributed by atoms with E-state index >= 15 is 0 Å². The molecule has 4 nitrogen and oxygen atoms in total. The van der Waals surface area contributed by atoms with E-state index in [1.54, 1.807) is 13.0 Å². The molecule has 4 heteroatoms. The first-order chi connectivity index (χ1) is 15.0. The average Bonchev–Trinajstić information content (AvgIpc) is 2.79. The van der Waals surface area contributed by atoms with Gasteiger partial charge in [0.25, 0.3) is 0 Å².